The Bertz CT molecular complexity index is 877. The molecular formula is C21H28N2O5S. The number of anilines is 1. The average Bonchev–Trinajstić information content (AvgIpc) is 3.07. The monoisotopic (exact) mass is 420 g/mol. The van der Waals surface area contributed by atoms with Gasteiger partial charge in [0.15, 0.2) is 6.10 Å². The molecule has 1 aliphatic heterocycles. The van der Waals surface area contributed by atoms with Crippen molar-refractivity contribution in [2.75, 3.05) is 23.1 Å². The molecule has 0 saturated carbocycles. The maximum atomic E-state index is 12.3. The number of amides is 1. The van der Waals surface area contributed by atoms with Crippen molar-refractivity contribution in [2.24, 2.45) is 0 Å². The molecule has 0 radical (unpaired) electrons. The maximum Gasteiger partial charge on any atom is 0.338 e. The fourth-order valence-electron chi connectivity index (χ4n) is 3.60. The van der Waals surface area contributed by atoms with Gasteiger partial charge in [-0.05, 0) is 69.7 Å². The van der Waals surface area contributed by atoms with E-state index >= 15 is 0 Å². The van der Waals surface area contributed by atoms with Gasteiger partial charge in [0.05, 0.1) is 17.0 Å². The van der Waals surface area contributed by atoms with Crippen LogP contribution in [0.5, 0.6) is 0 Å². The molecule has 1 heterocycles. The van der Waals surface area contributed by atoms with Crippen molar-refractivity contribution in [3.05, 3.63) is 41.5 Å². The topological polar surface area (TPSA) is 92.8 Å². The van der Waals surface area contributed by atoms with Gasteiger partial charge in [-0.15, -0.1) is 0 Å². The zero-order valence-corrected chi connectivity index (χ0v) is 17.5. The summed E-state index contributed by atoms with van der Waals surface area (Å²) in [5.74, 6) is -0.797. The first-order valence-corrected chi connectivity index (χ1v) is 11.7. The number of carbonyl (C=O) groups excluding carboxylic acids is 2. The molecule has 158 valence electrons. The molecule has 0 aromatic heterocycles. The zero-order chi connectivity index (χ0) is 20.9. The van der Waals surface area contributed by atoms with Gasteiger partial charge in [0.25, 0.3) is 5.91 Å². The maximum absolute atomic E-state index is 12.3. The van der Waals surface area contributed by atoms with E-state index in [1.165, 1.54) is 41.8 Å². The lowest BCUT2D eigenvalue weighted by molar-refractivity contribution is -0.129. The first-order valence-electron chi connectivity index (χ1n) is 10.1. The van der Waals surface area contributed by atoms with Gasteiger partial charge in [-0.3, -0.25) is 9.10 Å². The van der Waals surface area contributed by atoms with Gasteiger partial charge in [-0.2, -0.15) is 0 Å². The van der Waals surface area contributed by atoms with E-state index in [4.69, 9.17) is 4.74 Å². The van der Waals surface area contributed by atoms with Gasteiger partial charge < -0.3 is 10.1 Å². The molecule has 7 nitrogen and oxygen atoms in total. The average molecular weight is 421 g/mol. The fourth-order valence-corrected chi connectivity index (χ4v) is 5.16. The molecular weight excluding hydrogens is 392 g/mol. The number of esters is 1. The van der Waals surface area contributed by atoms with E-state index in [0.29, 0.717) is 25.2 Å². The van der Waals surface area contributed by atoms with Crippen LogP contribution in [-0.4, -0.2) is 45.2 Å². The number of carbonyl (C=O) groups is 2. The summed E-state index contributed by atoms with van der Waals surface area (Å²) in [5.41, 5.74) is 2.18. The first kappa shape index (κ1) is 21.4. The zero-order valence-electron chi connectivity index (χ0n) is 16.7. The van der Waals surface area contributed by atoms with E-state index in [1.807, 2.05) is 0 Å². The number of nitrogens with one attached hydrogen (secondary N) is 1. The minimum Gasteiger partial charge on any atom is -0.449 e. The Kier molecular flexibility index (Phi) is 6.95. The first-order chi connectivity index (χ1) is 13.9. The third kappa shape index (κ3) is 5.59. The number of rotatable bonds is 7. The quantitative estimate of drug-likeness (QED) is 0.541. The highest BCUT2D eigenvalue weighted by Crippen LogP contribution is 2.24. The lowest BCUT2D eigenvalue weighted by atomic mass is 9.97. The summed E-state index contributed by atoms with van der Waals surface area (Å²) in [6.45, 7) is 2.52. The van der Waals surface area contributed by atoms with E-state index in [2.05, 4.69) is 11.4 Å². The van der Waals surface area contributed by atoms with E-state index in [9.17, 15) is 18.0 Å². The number of sulfonamides is 1. The number of allylic oxidation sites excluding steroid dienone is 1. The van der Waals surface area contributed by atoms with Gasteiger partial charge in [-0.25, -0.2) is 13.2 Å². The van der Waals surface area contributed by atoms with Gasteiger partial charge in [-0.1, -0.05) is 11.6 Å². The van der Waals surface area contributed by atoms with E-state index in [0.717, 1.165) is 19.3 Å². The highest BCUT2D eigenvalue weighted by molar-refractivity contribution is 7.93. The largest absolute Gasteiger partial charge is 0.449 e. The summed E-state index contributed by atoms with van der Waals surface area (Å²) >= 11 is 0. The number of nitrogens with zero attached hydrogens (tertiary/aromatic N) is 1. The molecule has 1 aromatic carbocycles. The van der Waals surface area contributed by atoms with Crippen molar-refractivity contribution >= 4 is 27.6 Å². The summed E-state index contributed by atoms with van der Waals surface area (Å²) < 4.78 is 30.5. The minimum absolute atomic E-state index is 0.140. The second-order valence-corrected chi connectivity index (χ2v) is 9.50. The molecule has 1 saturated heterocycles. The third-order valence-corrected chi connectivity index (χ3v) is 7.14. The molecule has 1 aromatic rings. The molecule has 1 amide bonds. The van der Waals surface area contributed by atoms with Crippen molar-refractivity contribution in [3.63, 3.8) is 0 Å². The van der Waals surface area contributed by atoms with Gasteiger partial charge in [0.1, 0.15) is 0 Å². The normalized spacial score (nSPS) is 19.3. The predicted molar refractivity (Wildman–Crippen MR) is 111 cm³/mol. The molecule has 0 spiro atoms. The van der Waals surface area contributed by atoms with Crippen LogP contribution in [0.15, 0.2) is 35.9 Å². The van der Waals surface area contributed by atoms with Crippen LogP contribution in [0.1, 0.15) is 55.8 Å². The van der Waals surface area contributed by atoms with Crippen LogP contribution in [0.3, 0.4) is 0 Å². The Hall–Kier alpha value is -2.35. The fraction of sp³-hybridized carbons (Fsp3) is 0.524. The Balaban J connectivity index is 1.48. The van der Waals surface area contributed by atoms with Crippen molar-refractivity contribution in [1.82, 2.24) is 5.32 Å². The molecule has 1 N–H and O–H groups in total. The summed E-state index contributed by atoms with van der Waals surface area (Å²) in [4.78, 5) is 24.5. The van der Waals surface area contributed by atoms with Crippen LogP contribution in [0, 0.1) is 0 Å². The highest BCUT2D eigenvalue weighted by Gasteiger charge is 2.28. The molecule has 3 rings (SSSR count). The summed E-state index contributed by atoms with van der Waals surface area (Å²) in [6.07, 6.45) is 7.41. The second kappa shape index (κ2) is 9.43. The summed E-state index contributed by atoms with van der Waals surface area (Å²) in [5, 5.41) is 2.81. The van der Waals surface area contributed by atoms with Crippen LogP contribution in [0.25, 0.3) is 0 Å². The highest BCUT2D eigenvalue weighted by atomic mass is 32.2. The minimum atomic E-state index is -3.26. The Morgan fingerprint density at radius 1 is 1.17 bits per heavy atom. The van der Waals surface area contributed by atoms with Crippen LogP contribution >= 0.6 is 0 Å². The Morgan fingerprint density at radius 3 is 2.55 bits per heavy atom. The van der Waals surface area contributed by atoms with Crippen LogP contribution < -0.4 is 9.62 Å². The predicted octanol–water partition coefficient (Wildman–Crippen LogP) is 2.78. The molecule has 1 fully saturated rings. The molecule has 29 heavy (non-hydrogen) atoms. The lowest BCUT2D eigenvalue weighted by Crippen LogP contribution is -2.36. The SMILES string of the molecule is CC(OC(=O)c1ccc(N2CCCS2(=O)=O)cc1)C(=O)NCCC1=CCCCC1. The van der Waals surface area contributed by atoms with Crippen LogP contribution in [0.2, 0.25) is 0 Å². The molecule has 1 atom stereocenters. The van der Waals surface area contributed by atoms with Crippen molar-refractivity contribution in [2.45, 2.75) is 51.6 Å². The lowest BCUT2D eigenvalue weighted by Gasteiger charge is -2.17. The molecule has 2 aliphatic rings. The Labute approximate surface area is 172 Å². The number of benzene rings is 1. The van der Waals surface area contributed by atoms with Gasteiger partial charge in [0.2, 0.25) is 10.0 Å². The summed E-state index contributed by atoms with van der Waals surface area (Å²) in [7, 11) is -3.26. The standard InChI is InChI=1S/C21H28N2O5S/c1-16(20(24)22-13-12-17-6-3-2-4-7-17)28-21(25)18-8-10-19(11-9-18)23-14-5-15-29(23,26)27/h6,8-11,16H,2-5,7,12-15H2,1H3,(H,22,24). The number of ether oxygens (including phenoxy) is 1. The van der Waals surface area contributed by atoms with Gasteiger partial charge >= 0.3 is 5.97 Å². The Morgan fingerprint density at radius 2 is 1.93 bits per heavy atom. The van der Waals surface area contributed by atoms with Crippen LogP contribution in [0.4, 0.5) is 5.69 Å². The molecule has 1 unspecified atom stereocenters. The van der Waals surface area contributed by atoms with E-state index in [1.54, 1.807) is 12.1 Å². The third-order valence-electron chi connectivity index (χ3n) is 5.27. The number of hydrogen-bond acceptors (Lipinski definition) is 5. The smallest absolute Gasteiger partial charge is 0.338 e. The van der Waals surface area contributed by atoms with Crippen molar-refractivity contribution in [1.29, 1.82) is 0 Å². The summed E-state index contributed by atoms with van der Waals surface area (Å²) in [6, 6.07) is 6.21. The number of hydrogen-bond donors (Lipinski definition) is 1. The van der Waals surface area contributed by atoms with Crippen molar-refractivity contribution < 1.29 is 22.7 Å². The van der Waals surface area contributed by atoms with E-state index < -0.39 is 22.1 Å². The second-order valence-electron chi connectivity index (χ2n) is 7.49. The van der Waals surface area contributed by atoms with E-state index in [-0.39, 0.29) is 17.2 Å². The van der Waals surface area contributed by atoms with Crippen LogP contribution in [-0.2, 0) is 19.6 Å². The van der Waals surface area contributed by atoms with Crippen molar-refractivity contribution in [3.8, 4) is 0 Å². The van der Waals surface area contributed by atoms with Gasteiger partial charge in [0, 0.05) is 13.1 Å². The molecule has 1 aliphatic carbocycles. The molecule has 0 bridgehead atoms. The molecule has 8 heteroatoms.